The molecule has 1 aromatic heterocycles. The average molecular weight is 731 g/mol. The minimum atomic E-state index is -2.77. The lowest BCUT2D eigenvalue weighted by atomic mass is 9.95. The molecule has 4 aromatic rings. The van der Waals surface area contributed by atoms with Gasteiger partial charge < -0.3 is 24.7 Å². The fourth-order valence-corrected chi connectivity index (χ4v) is 12.6. The lowest BCUT2D eigenvalue weighted by Crippen LogP contribution is -2.67. The number of cyclic esters (lactones) is 1. The van der Waals surface area contributed by atoms with Crippen LogP contribution in [-0.4, -0.2) is 70.1 Å². The number of halogens is 1. The molecule has 12 heteroatoms. The number of hydrogen-bond acceptors (Lipinski definition) is 6. The first-order valence-corrected chi connectivity index (χ1v) is 20.0. The van der Waals surface area contributed by atoms with Crippen LogP contribution < -0.4 is 25.9 Å². The standard InChI is InChI=1S/C38H43ClN4O5SSi/c1-26-23-27(43-25-28(48-37(43)46)24-41-35(44)33-17-18-34(39)49-33)15-16-31(26)32-19-20-40-36(45)42(32)21-22-47-50(38(2,3)4,29-11-7-5-8-12-29)30-13-9-6-10-14-30/h5-18,23,28,32H,19-22,24-25H2,1-4H3,(H,40,45)(H,41,44)/t28-,32?/m0/s1. The van der Waals surface area contributed by atoms with Gasteiger partial charge in [-0.15, -0.1) is 11.3 Å². The minimum Gasteiger partial charge on any atom is -0.442 e. The highest BCUT2D eigenvalue weighted by atomic mass is 35.5. The molecule has 0 spiro atoms. The SMILES string of the molecule is Cc1cc(N2C[C@H](CNC(=O)c3ccc(Cl)s3)OC2=O)ccc1C1CCNC(=O)N1CCO[Si](c1ccccc1)(c1ccccc1)C(C)(C)C. The maximum absolute atomic E-state index is 13.4. The molecule has 6 rings (SSSR count). The van der Waals surface area contributed by atoms with E-state index in [-0.39, 0.29) is 29.6 Å². The second-order valence-corrected chi connectivity index (χ2v) is 19.7. The quantitative estimate of drug-likeness (QED) is 0.172. The fraction of sp³-hybridized carbons (Fsp3) is 0.342. The third kappa shape index (κ3) is 7.32. The van der Waals surface area contributed by atoms with Crippen molar-refractivity contribution in [3.05, 3.63) is 111 Å². The van der Waals surface area contributed by atoms with Gasteiger partial charge >= 0.3 is 12.1 Å². The van der Waals surface area contributed by atoms with Crippen molar-refractivity contribution >= 4 is 65.3 Å². The van der Waals surface area contributed by atoms with Crippen LogP contribution in [0.15, 0.2) is 91.0 Å². The molecule has 0 bridgehead atoms. The number of urea groups is 1. The summed E-state index contributed by atoms with van der Waals surface area (Å²) in [5.41, 5.74) is 2.70. The third-order valence-corrected chi connectivity index (χ3v) is 15.8. The molecule has 0 aliphatic carbocycles. The van der Waals surface area contributed by atoms with Crippen molar-refractivity contribution in [3.8, 4) is 0 Å². The monoisotopic (exact) mass is 730 g/mol. The summed E-state index contributed by atoms with van der Waals surface area (Å²) in [6.07, 6.45) is -0.210. The molecule has 50 heavy (non-hydrogen) atoms. The smallest absolute Gasteiger partial charge is 0.414 e. The molecule has 3 heterocycles. The normalized spacial score (nSPS) is 18.2. The van der Waals surface area contributed by atoms with Gasteiger partial charge in [-0.1, -0.05) is 99.1 Å². The molecule has 2 fully saturated rings. The average Bonchev–Trinajstić information content (AvgIpc) is 3.71. The summed E-state index contributed by atoms with van der Waals surface area (Å²) in [6, 6.07) is 30.0. The lowest BCUT2D eigenvalue weighted by Gasteiger charge is -2.44. The van der Waals surface area contributed by atoms with E-state index in [0.717, 1.165) is 17.5 Å². The molecular weight excluding hydrogens is 688 g/mol. The van der Waals surface area contributed by atoms with Gasteiger partial charge in [-0.25, -0.2) is 9.59 Å². The molecule has 0 radical (unpaired) electrons. The van der Waals surface area contributed by atoms with Crippen molar-refractivity contribution in [2.24, 2.45) is 0 Å². The molecule has 2 N–H and O–H groups in total. The number of aryl methyl sites for hydroxylation is 1. The molecule has 2 saturated heterocycles. The van der Waals surface area contributed by atoms with Gasteiger partial charge in [0.2, 0.25) is 0 Å². The molecule has 262 valence electrons. The number of anilines is 1. The van der Waals surface area contributed by atoms with Crippen molar-refractivity contribution in [3.63, 3.8) is 0 Å². The highest BCUT2D eigenvalue weighted by Crippen LogP contribution is 2.37. The number of hydrogen-bond donors (Lipinski definition) is 2. The molecule has 0 saturated carbocycles. The van der Waals surface area contributed by atoms with Crippen molar-refractivity contribution in [1.82, 2.24) is 15.5 Å². The van der Waals surface area contributed by atoms with E-state index < -0.39 is 20.5 Å². The molecule has 2 atom stereocenters. The Hall–Kier alpha value is -4.16. The van der Waals surface area contributed by atoms with Crippen molar-refractivity contribution in [2.45, 2.75) is 51.3 Å². The summed E-state index contributed by atoms with van der Waals surface area (Å²) < 4.78 is 13.2. The maximum atomic E-state index is 13.4. The van der Waals surface area contributed by atoms with Crippen molar-refractivity contribution < 1.29 is 23.5 Å². The van der Waals surface area contributed by atoms with Gasteiger partial charge in [0.25, 0.3) is 14.2 Å². The zero-order valence-corrected chi connectivity index (χ0v) is 31.4. The van der Waals surface area contributed by atoms with E-state index in [1.165, 1.54) is 21.7 Å². The van der Waals surface area contributed by atoms with Gasteiger partial charge in [0.1, 0.15) is 6.10 Å². The number of carbonyl (C=O) groups is 3. The topological polar surface area (TPSA) is 100 Å². The molecule has 3 aromatic carbocycles. The van der Waals surface area contributed by atoms with Crippen LogP contribution in [-0.2, 0) is 9.16 Å². The third-order valence-electron chi connectivity index (χ3n) is 9.48. The predicted octanol–water partition coefficient (Wildman–Crippen LogP) is 6.50. The summed E-state index contributed by atoms with van der Waals surface area (Å²) in [5, 5.41) is 8.08. The van der Waals surface area contributed by atoms with Crippen LogP contribution in [0, 0.1) is 6.92 Å². The first-order valence-electron chi connectivity index (χ1n) is 16.9. The Morgan fingerprint density at radius 3 is 2.30 bits per heavy atom. The van der Waals surface area contributed by atoms with Gasteiger partial charge in [0, 0.05) is 18.8 Å². The van der Waals surface area contributed by atoms with E-state index in [9.17, 15) is 14.4 Å². The Balaban J connectivity index is 1.16. The number of rotatable bonds is 11. The summed E-state index contributed by atoms with van der Waals surface area (Å²) in [6.45, 7) is 10.6. The highest BCUT2D eigenvalue weighted by Gasteiger charge is 2.50. The molecular formula is C38H43ClN4O5SSi. The Kier molecular flexibility index (Phi) is 10.7. The molecule has 9 nitrogen and oxygen atoms in total. The zero-order chi connectivity index (χ0) is 35.5. The first-order chi connectivity index (χ1) is 24.0. The Labute approximate surface area is 303 Å². The van der Waals surface area contributed by atoms with Gasteiger partial charge in [-0.2, -0.15) is 0 Å². The van der Waals surface area contributed by atoms with Gasteiger partial charge in [-0.05, 0) is 64.1 Å². The number of amides is 4. The summed E-state index contributed by atoms with van der Waals surface area (Å²) in [4.78, 5) is 42.7. The Morgan fingerprint density at radius 2 is 1.70 bits per heavy atom. The van der Waals surface area contributed by atoms with Gasteiger partial charge in [0.05, 0.1) is 35.0 Å². The van der Waals surface area contributed by atoms with Crippen LogP contribution in [0.4, 0.5) is 15.3 Å². The molecule has 4 amide bonds. The summed E-state index contributed by atoms with van der Waals surface area (Å²) in [5.74, 6) is -0.255. The lowest BCUT2D eigenvalue weighted by molar-refractivity contribution is 0.0920. The van der Waals surface area contributed by atoms with Gasteiger partial charge in [0.15, 0.2) is 0 Å². The maximum Gasteiger partial charge on any atom is 0.414 e. The van der Waals surface area contributed by atoms with Crippen molar-refractivity contribution in [1.29, 1.82) is 0 Å². The highest BCUT2D eigenvalue weighted by molar-refractivity contribution is 7.18. The molecule has 2 aliphatic rings. The largest absolute Gasteiger partial charge is 0.442 e. The van der Waals surface area contributed by atoms with Crippen LogP contribution in [0.3, 0.4) is 0 Å². The second-order valence-electron chi connectivity index (χ2n) is 13.7. The van der Waals surface area contributed by atoms with Gasteiger partial charge in [-0.3, -0.25) is 9.69 Å². The van der Waals surface area contributed by atoms with E-state index in [0.29, 0.717) is 41.1 Å². The Morgan fingerprint density at radius 1 is 1.02 bits per heavy atom. The summed E-state index contributed by atoms with van der Waals surface area (Å²) >= 11 is 7.15. The number of ether oxygens (including phenoxy) is 1. The van der Waals surface area contributed by atoms with Crippen LogP contribution in [0.1, 0.15) is 54.0 Å². The number of thiophene rings is 1. The number of nitrogens with zero attached hydrogens (tertiary/aromatic N) is 2. The van der Waals surface area contributed by atoms with E-state index in [1.807, 2.05) is 42.2 Å². The molecule has 1 unspecified atom stereocenters. The zero-order valence-electron chi connectivity index (χ0n) is 28.8. The number of carbonyl (C=O) groups excluding carboxylic acids is 3. The Bertz CT molecular complexity index is 1790. The predicted molar refractivity (Wildman–Crippen MR) is 201 cm³/mol. The second kappa shape index (κ2) is 15.0. The van der Waals surface area contributed by atoms with Crippen LogP contribution in [0.2, 0.25) is 9.37 Å². The first kappa shape index (κ1) is 35.7. The minimum absolute atomic E-state index is 0.117. The fourth-order valence-electron chi connectivity index (χ4n) is 7.12. The van der Waals surface area contributed by atoms with Crippen LogP contribution in [0.5, 0.6) is 0 Å². The van der Waals surface area contributed by atoms with E-state index >= 15 is 0 Å². The van der Waals surface area contributed by atoms with Crippen LogP contribution >= 0.6 is 22.9 Å². The summed E-state index contributed by atoms with van der Waals surface area (Å²) in [7, 11) is -2.77. The number of nitrogens with one attached hydrogen (secondary N) is 2. The van der Waals surface area contributed by atoms with E-state index in [1.54, 1.807) is 17.0 Å². The van der Waals surface area contributed by atoms with Crippen molar-refractivity contribution in [2.75, 3.05) is 37.7 Å². The molecule has 2 aliphatic heterocycles. The number of benzene rings is 3. The van der Waals surface area contributed by atoms with Crippen LogP contribution in [0.25, 0.3) is 0 Å². The van der Waals surface area contributed by atoms with E-state index in [4.69, 9.17) is 20.8 Å². The van der Waals surface area contributed by atoms with E-state index in [2.05, 4.69) is 79.9 Å².